The Morgan fingerprint density at radius 3 is 2.53 bits per heavy atom. The van der Waals surface area contributed by atoms with Crippen LogP contribution in [0.25, 0.3) is 11.3 Å². The number of imidazole rings is 1. The molecule has 17 nitrogen and oxygen atoms in total. The Kier molecular flexibility index (Phi) is 13.7. The lowest BCUT2D eigenvalue weighted by Crippen LogP contribution is -2.54. The molecule has 64 heavy (non-hydrogen) atoms. The van der Waals surface area contributed by atoms with E-state index in [9.17, 15) is 28.8 Å². The lowest BCUT2D eigenvalue weighted by atomic mass is 10.0. The van der Waals surface area contributed by atoms with Crippen LogP contribution in [0.5, 0.6) is 11.5 Å². The van der Waals surface area contributed by atoms with Gasteiger partial charge in [-0.25, -0.2) is 4.98 Å². The van der Waals surface area contributed by atoms with Crippen LogP contribution in [0.2, 0.25) is 0 Å². The number of amides is 6. The molecule has 4 aromatic rings. The molecule has 336 valence electrons. The molecule has 3 aliphatic heterocycles. The van der Waals surface area contributed by atoms with Crippen molar-refractivity contribution in [3.8, 4) is 22.8 Å². The van der Waals surface area contributed by atoms with E-state index >= 15 is 0 Å². The topological polar surface area (TPSA) is 209 Å². The monoisotopic (exact) mass is 875 g/mol. The Labute approximate surface area is 370 Å². The second-order valence-electron chi connectivity index (χ2n) is 16.2. The van der Waals surface area contributed by atoms with Crippen LogP contribution in [0.1, 0.15) is 98.2 Å². The average molecular weight is 876 g/mol. The second kappa shape index (κ2) is 19.8. The fourth-order valence-corrected chi connectivity index (χ4v) is 8.68. The van der Waals surface area contributed by atoms with Crippen molar-refractivity contribution in [2.24, 2.45) is 0 Å². The van der Waals surface area contributed by atoms with Crippen LogP contribution in [0.4, 0.5) is 5.69 Å². The van der Waals surface area contributed by atoms with Crippen molar-refractivity contribution in [2.75, 3.05) is 58.6 Å². The number of hydrogen-bond donors (Lipinski definition) is 4. The van der Waals surface area contributed by atoms with Gasteiger partial charge >= 0.3 is 0 Å². The summed E-state index contributed by atoms with van der Waals surface area (Å²) in [7, 11) is 1.56. The highest BCUT2D eigenvalue weighted by Crippen LogP contribution is 2.37. The smallest absolute Gasteiger partial charge is 0.264 e. The zero-order valence-electron chi connectivity index (χ0n) is 36.1. The summed E-state index contributed by atoms with van der Waals surface area (Å²) < 4.78 is 25.1. The average Bonchev–Trinajstić information content (AvgIpc) is 4.07. The number of methoxy groups -OCH3 is 1. The van der Waals surface area contributed by atoms with Crippen molar-refractivity contribution < 1.29 is 47.7 Å². The third-order valence-corrected chi connectivity index (χ3v) is 12.1. The third kappa shape index (κ3) is 9.65. The number of ether oxygens (including phenoxy) is 4. The summed E-state index contributed by atoms with van der Waals surface area (Å²) in [6.07, 6.45) is 6.81. The molecule has 17 heteroatoms. The summed E-state index contributed by atoms with van der Waals surface area (Å²) in [5.41, 5.74) is 6.42. The van der Waals surface area contributed by atoms with Gasteiger partial charge in [0.1, 0.15) is 23.4 Å². The van der Waals surface area contributed by atoms with Crippen LogP contribution in [0.15, 0.2) is 54.7 Å². The van der Waals surface area contributed by atoms with Crippen molar-refractivity contribution in [3.05, 3.63) is 93.9 Å². The quantitative estimate of drug-likeness (QED) is 0.0733. The predicted molar refractivity (Wildman–Crippen MR) is 233 cm³/mol. The molecule has 1 aliphatic carbocycles. The summed E-state index contributed by atoms with van der Waals surface area (Å²) >= 11 is 0. The Morgan fingerprint density at radius 2 is 1.72 bits per heavy atom. The Morgan fingerprint density at radius 1 is 0.891 bits per heavy atom. The molecule has 2 atom stereocenters. The number of fused-ring (bicyclic) bond motifs is 3. The Balaban J connectivity index is 0.706. The lowest BCUT2D eigenvalue weighted by molar-refractivity contribution is -0.136. The number of aryl methyl sites for hydroxylation is 3. The van der Waals surface area contributed by atoms with E-state index in [4.69, 9.17) is 23.9 Å². The number of carbonyl (C=O) groups is 6. The number of carbonyl (C=O) groups excluding carboxylic acids is 6. The van der Waals surface area contributed by atoms with E-state index in [-0.39, 0.29) is 74.7 Å². The number of piperidine rings is 1. The van der Waals surface area contributed by atoms with E-state index in [2.05, 4.69) is 50.2 Å². The van der Waals surface area contributed by atoms with Crippen LogP contribution in [-0.4, -0.2) is 109 Å². The first-order valence-electron chi connectivity index (χ1n) is 21.9. The molecular formula is C47H53N7O10. The van der Waals surface area contributed by atoms with Crippen LogP contribution in [0, 0.1) is 6.92 Å². The summed E-state index contributed by atoms with van der Waals surface area (Å²) in [5, 5.41) is 11.4. The minimum Gasteiger partial charge on any atom is -0.496 e. The number of nitrogens with one attached hydrogen (secondary N) is 4. The second-order valence-corrected chi connectivity index (χ2v) is 16.2. The molecule has 3 aromatic carbocycles. The van der Waals surface area contributed by atoms with Gasteiger partial charge in [0.2, 0.25) is 17.7 Å². The molecule has 1 unspecified atom stereocenters. The molecular weight excluding hydrogens is 823 g/mol. The minimum atomic E-state index is -1.04. The van der Waals surface area contributed by atoms with Crippen LogP contribution in [0.3, 0.4) is 0 Å². The van der Waals surface area contributed by atoms with Crippen LogP contribution in [-0.2, 0) is 43.2 Å². The SMILES string of the molecule is COc1cc(C(=O)N[C@@H]2CCc3ccc(-c4cn5c(n4)CCC5)cc32)cc(OCCCNC(=O)CCOCCOCCNc2cccc3c2C(=O)N(C2CCC(=O)NC2=O)C3=O)c1C. The van der Waals surface area contributed by atoms with E-state index in [1.807, 2.05) is 6.92 Å². The zero-order chi connectivity index (χ0) is 44.7. The molecule has 0 spiro atoms. The summed E-state index contributed by atoms with van der Waals surface area (Å²) in [5.74, 6) is -0.395. The van der Waals surface area contributed by atoms with Crippen molar-refractivity contribution in [1.82, 2.24) is 30.4 Å². The van der Waals surface area contributed by atoms with E-state index in [0.29, 0.717) is 48.9 Å². The maximum Gasteiger partial charge on any atom is 0.264 e. The number of anilines is 1. The van der Waals surface area contributed by atoms with Gasteiger partial charge in [-0.2, -0.15) is 0 Å². The standard InChI is InChI=1S/C47H53N7O10/c1-28-38(61-2)25-31(44(57)51-34-12-11-29-9-10-30(24-33(29)34)36-27-53-18-4-8-40(53)50-36)26-39(28)64-19-5-16-49-41(55)15-20-62-22-23-63-21-17-48-35-7-3-6-32-43(35)47(60)54(46(32)59)37-13-14-42(56)52-45(37)58/h3,6-7,9-10,24-27,34,37,48H,4-5,8,11-23H2,1-2H3,(H,49,55)(H,51,57)(H,52,56,58)/t34-,37?/m1/s1. The molecule has 1 saturated heterocycles. The number of aromatic nitrogens is 2. The fraction of sp³-hybridized carbons (Fsp3) is 0.426. The highest BCUT2D eigenvalue weighted by Gasteiger charge is 2.45. The summed E-state index contributed by atoms with van der Waals surface area (Å²) in [6.45, 7) is 4.99. The first kappa shape index (κ1) is 44.0. The molecule has 4 N–H and O–H groups in total. The van der Waals surface area contributed by atoms with E-state index < -0.39 is 29.7 Å². The van der Waals surface area contributed by atoms with Crippen molar-refractivity contribution in [1.29, 1.82) is 0 Å². The summed E-state index contributed by atoms with van der Waals surface area (Å²) in [6, 6.07) is 13.6. The molecule has 6 amide bonds. The molecule has 4 heterocycles. The van der Waals surface area contributed by atoms with Gasteiger partial charge in [0, 0.05) is 67.5 Å². The molecule has 4 aliphatic rings. The predicted octanol–water partition coefficient (Wildman–Crippen LogP) is 4.05. The summed E-state index contributed by atoms with van der Waals surface area (Å²) in [4.78, 5) is 82.1. The van der Waals surface area contributed by atoms with E-state index in [1.165, 1.54) is 11.6 Å². The molecule has 8 rings (SSSR count). The first-order valence-corrected chi connectivity index (χ1v) is 21.9. The fourth-order valence-electron chi connectivity index (χ4n) is 8.68. The lowest BCUT2D eigenvalue weighted by Gasteiger charge is -2.27. The Bertz CT molecular complexity index is 2440. The minimum absolute atomic E-state index is 0.0476. The van der Waals surface area contributed by atoms with Gasteiger partial charge in [0.25, 0.3) is 17.7 Å². The first-order chi connectivity index (χ1) is 31.1. The van der Waals surface area contributed by atoms with Gasteiger partial charge < -0.3 is 39.5 Å². The van der Waals surface area contributed by atoms with Gasteiger partial charge in [0.15, 0.2) is 0 Å². The third-order valence-electron chi connectivity index (χ3n) is 12.1. The molecule has 0 saturated carbocycles. The number of imide groups is 2. The van der Waals surface area contributed by atoms with Crippen molar-refractivity contribution >= 4 is 41.1 Å². The maximum absolute atomic E-state index is 13.6. The highest BCUT2D eigenvalue weighted by molar-refractivity contribution is 6.25. The molecule has 0 radical (unpaired) electrons. The molecule has 1 aromatic heterocycles. The number of nitrogens with zero attached hydrogens (tertiary/aromatic N) is 3. The Hall–Kier alpha value is -6.59. The number of benzene rings is 3. The normalized spacial score (nSPS) is 17.5. The van der Waals surface area contributed by atoms with Gasteiger partial charge in [-0.15, -0.1) is 0 Å². The zero-order valence-corrected chi connectivity index (χ0v) is 36.1. The van der Waals surface area contributed by atoms with Crippen LogP contribution < -0.4 is 30.7 Å². The van der Waals surface area contributed by atoms with Gasteiger partial charge in [-0.05, 0) is 80.5 Å². The van der Waals surface area contributed by atoms with Crippen molar-refractivity contribution in [2.45, 2.75) is 76.9 Å². The van der Waals surface area contributed by atoms with E-state index in [0.717, 1.165) is 65.3 Å². The van der Waals surface area contributed by atoms with Gasteiger partial charge in [-0.1, -0.05) is 18.2 Å². The maximum atomic E-state index is 13.6. The molecule has 1 fully saturated rings. The van der Waals surface area contributed by atoms with E-state index in [1.54, 1.807) is 31.4 Å². The van der Waals surface area contributed by atoms with Gasteiger partial charge in [-0.3, -0.25) is 39.0 Å². The van der Waals surface area contributed by atoms with Crippen molar-refractivity contribution in [3.63, 3.8) is 0 Å². The highest BCUT2D eigenvalue weighted by atomic mass is 16.5. The van der Waals surface area contributed by atoms with Crippen LogP contribution >= 0.6 is 0 Å². The van der Waals surface area contributed by atoms with Gasteiger partial charge in [0.05, 0.1) is 63.0 Å². The number of rotatable bonds is 20. The molecule has 0 bridgehead atoms. The number of hydrogen-bond acceptors (Lipinski definition) is 12. The largest absolute Gasteiger partial charge is 0.496 e.